The molecule has 1 heterocycles. The van der Waals surface area contributed by atoms with Gasteiger partial charge in [0.2, 0.25) is 0 Å². The molecule has 0 radical (unpaired) electrons. The first-order valence-electron chi connectivity index (χ1n) is 10.00. The molecule has 0 fully saturated rings. The van der Waals surface area contributed by atoms with E-state index in [1.807, 2.05) is 49.4 Å². The van der Waals surface area contributed by atoms with Crippen LogP contribution in [0.15, 0.2) is 76.7 Å². The van der Waals surface area contributed by atoms with E-state index in [1.165, 1.54) is 18.2 Å². The van der Waals surface area contributed by atoms with Crippen LogP contribution in [0.1, 0.15) is 28.8 Å². The Morgan fingerprint density at radius 3 is 2.33 bits per heavy atom. The molecule has 3 aromatic carbocycles. The van der Waals surface area contributed by atoms with Crippen molar-refractivity contribution in [2.45, 2.75) is 12.8 Å². The highest BCUT2D eigenvalue weighted by molar-refractivity contribution is 6.36. The maximum Gasteiger partial charge on any atom is 0.288 e. The number of halogens is 1. The van der Waals surface area contributed by atoms with Crippen LogP contribution in [0.3, 0.4) is 0 Å². The van der Waals surface area contributed by atoms with Gasteiger partial charge in [0.15, 0.2) is 0 Å². The number of benzene rings is 3. The first-order chi connectivity index (χ1) is 15.9. The molecule has 4 rings (SSSR count). The Kier molecular flexibility index (Phi) is 6.19. The summed E-state index contributed by atoms with van der Waals surface area (Å²) in [4.78, 5) is 33.2. The third-order valence-electron chi connectivity index (χ3n) is 5.22. The number of carbonyl (C=O) groups is 1. The van der Waals surface area contributed by atoms with Crippen molar-refractivity contribution in [3.63, 3.8) is 0 Å². The number of ether oxygens (including phenoxy) is 1. The second-order valence-electron chi connectivity index (χ2n) is 7.30. The SMILES string of the molecule is COc1ccc([C@@H]2C(C)=Nc3ccccc3N=C2NC(=O)c2cccc([N+](=O)[O-])c2Cl)cc1. The van der Waals surface area contributed by atoms with Gasteiger partial charge in [-0.2, -0.15) is 0 Å². The van der Waals surface area contributed by atoms with Crippen LogP contribution in [0.4, 0.5) is 17.1 Å². The second-order valence-corrected chi connectivity index (χ2v) is 7.67. The van der Waals surface area contributed by atoms with Gasteiger partial charge in [-0.1, -0.05) is 41.9 Å². The molecule has 0 aromatic heterocycles. The molecule has 1 aliphatic heterocycles. The number of nitrogens with zero attached hydrogens (tertiary/aromatic N) is 3. The van der Waals surface area contributed by atoms with Gasteiger partial charge in [0, 0.05) is 11.8 Å². The zero-order valence-electron chi connectivity index (χ0n) is 17.8. The minimum Gasteiger partial charge on any atom is -0.497 e. The van der Waals surface area contributed by atoms with Crippen LogP contribution in [-0.2, 0) is 0 Å². The molecule has 0 spiro atoms. The van der Waals surface area contributed by atoms with Crippen LogP contribution >= 0.6 is 11.6 Å². The number of amides is 1. The largest absolute Gasteiger partial charge is 0.497 e. The quantitative estimate of drug-likeness (QED) is 0.402. The Morgan fingerprint density at radius 2 is 1.70 bits per heavy atom. The molecule has 0 aliphatic carbocycles. The molecule has 1 aliphatic rings. The fourth-order valence-electron chi connectivity index (χ4n) is 3.62. The Morgan fingerprint density at radius 1 is 1.03 bits per heavy atom. The van der Waals surface area contributed by atoms with E-state index in [1.54, 1.807) is 13.2 Å². The predicted molar refractivity (Wildman–Crippen MR) is 128 cm³/mol. The van der Waals surface area contributed by atoms with Crippen LogP contribution in [0.5, 0.6) is 5.75 Å². The number of methoxy groups -OCH3 is 1. The van der Waals surface area contributed by atoms with Gasteiger partial charge in [0.05, 0.1) is 34.9 Å². The molecule has 1 amide bonds. The van der Waals surface area contributed by atoms with E-state index in [-0.39, 0.29) is 16.3 Å². The molecule has 9 heteroatoms. The van der Waals surface area contributed by atoms with Gasteiger partial charge in [0.1, 0.15) is 16.6 Å². The van der Waals surface area contributed by atoms with E-state index in [0.717, 1.165) is 5.56 Å². The first-order valence-corrected chi connectivity index (χ1v) is 10.4. The molecule has 8 nitrogen and oxygen atoms in total. The van der Waals surface area contributed by atoms with Crippen molar-refractivity contribution >= 4 is 46.1 Å². The molecular weight excluding hydrogens is 444 g/mol. The van der Waals surface area contributed by atoms with Crippen molar-refractivity contribution in [2.75, 3.05) is 7.11 Å². The van der Waals surface area contributed by atoms with E-state index in [2.05, 4.69) is 5.32 Å². The van der Waals surface area contributed by atoms with Crippen molar-refractivity contribution in [2.24, 2.45) is 9.98 Å². The Labute approximate surface area is 194 Å². The summed E-state index contributed by atoms with van der Waals surface area (Å²) in [5.41, 5.74) is 2.46. The lowest BCUT2D eigenvalue weighted by Crippen LogP contribution is -2.37. The lowest BCUT2D eigenvalue weighted by molar-refractivity contribution is -0.384. The smallest absolute Gasteiger partial charge is 0.288 e. The van der Waals surface area contributed by atoms with Gasteiger partial charge in [-0.25, -0.2) is 4.99 Å². The van der Waals surface area contributed by atoms with Crippen LogP contribution < -0.4 is 10.1 Å². The van der Waals surface area contributed by atoms with Gasteiger partial charge in [0.25, 0.3) is 11.6 Å². The Bertz CT molecular complexity index is 1300. The number of nitrogens with one attached hydrogen (secondary N) is 1. The molecule has 1 atom stereocenters. The molecule has 0 saturated carbocycles. The Balaban J connectivity index is 1.79. The molecule has 166 valence electrons. The third kappa shape index (κ3) is 4.47. The number of nitro benzene ring substituents is 1. The third-order valence-corrected chi connectivity index (χ3v) is 5.62. The lowest BCUT2D eigenvalue weighted by atomic mass is 9.93. The van der Waals surface area contributed by atoms with Crippen molar-refractivity contribution in [1.29, 1.82) is 0 Å². The van der Waals surface area contributed by atoms with Crippen molar-refractivity contribution in [3.05, 3.63) is 93.0 Å². The number of para-hydroxylation sites is 2. The number of rotatable bonds is 4. The molecule has 0 unspecified atom stereocenters. The number of hydrogen-bond acceptors (Lipinski definition) is 6. The van der Waals surface area contributed by atoms with Crippen LogP contribution in [0, 0.1) is 10.1 Å². The van der Waals surface area contributed by atoms with E-state index in [0.29, 0.717) is 28.7 Å². The number of aliphatic imine (C=N–C) groups is 2. The summed E-state index contributed by atoms with van der Waals surface area (Å²) in [6, 6.07) is 18.8. The fraction of sp³-hybridized carbons (Fsp3) is 0.125. The highest BCUT2D eigenvalue weighted by atomic mass is 35.5. The summed E-state index contributed by atoms with van der Waals surface area (Å²) in [5.74, 6) is -0.0482. The monoisotopic (exact) mass is 462 g/mol. The molecule has 1 N–H and O–H groups in total. The zero-order chi connectivity index (χ0) is 23.5. The summed E-state index contributed by atoms with van der Waals surface area (Å²) < 4.78 is 5.25. The molecule has 0 saturated heterocycles. The van der Waals surface area contributed by atoms with Crippen LogP contribution in [-0.4, -0.2) is 29.5 Å². The maximum atomic E-state index is 13.2. The topological polar surface area (TPSA) is 106 Å². The van der Waals surface area contributed by atoms with E-state index in [4.69, 9.17) is 26.3 Å². The standard InChI is InChI=1S/C24H19ClN4O4/c1-14-21(15-10-12-16(33-2)13-11-15)23(27-19-8-4-3-7-18(19)26-14)28-24(30)17-6-5-9-20(22(17)25)29(31)32/h3-13,21H,1-2H3,(H,27,28,30)/t21-/m0/s1. The van der Waals surface area contributed by atoms with Crippen molar-refractivity contribution in [3.8, 4) is 5.75 Å². The summed E-state index contributed by atoms with van der Waals surface area (Å²) in [5, 5.41) is 13.8. The Hall–Kier alpha value is -4.04. The highest BCUT2D eigenvalue weighted by Crippen LogP contribution is 2.35. The van der Waals surface area contributed by atoms with Crippen LogP contribution in [0.2, 0.25) is 5.02 Å². The van der Waals surface area contributed by atoms with Gasteiger partial charge < -0.3 is 10.1 Å². The summed E-state index contributed by atoms with van der Waals surface area (Å²) in [6.07, 6.45) is 0. The van der Waals surface area contributed by atoms with E-state index in [9.17, 15) is 14.9 Å². The molecule has 33 heavy (non-hydrogen) atoms. The van der Waals surface area contributed by atoms with E-state index >= 15 is 0 Å². The number of fused-ring (bicyclic) bond motifs is 1. The maximum absolute atomic E-state index is 13.2. The van der Waals surface area contributed by atoms with Crippen LogP contribution in [0.25, 0.3) is 0 Å². The summed E-state index contributed by atoms with van der Waals surface area (Å²) in [6.45, 7) is 1.86. The average Bonchev–Trinajstić information content (AvgIpc) is 2.94. The molecule has 0 bridgehead atoms. The average molecular weight is 463 g/mol. The lowest BCUT2D eigenvalue weighted by Gasteiger charge is -2.20. The van der Waals surface area contributed by atoms with Gasteiger partial charge in [-0.3, -0.25) is 19.9 Å². The number of nitro groups is 1. The minimum atomic E-state index is -0.629. The van der Waals surface area contributed by atoms with E-state index < -0.39 is 16.7 Å². The first kappa shape index (κ1) is 22.2. The number of amidine groups is 1. The fourth-order valence-corrected chi connectivity index (χ4v) is 3.90. The number of hydrogen-bond donors (Lipinski definition) is 1. The minimum absolute atomic E-state index is 0.0193. The van der Waals surface area contributed by atoms with Crippen molar-refractivity contribution in [1.82, 2.24) is 5.32 Å². The van der Waals surface area contributed by atoms with Gasteiger partial charge in [-0.05, 0) is 42.8 Å². The normalized spacial score (nSPS) is 14.9. The van der Waals surface area contributed by atoms with Gasteiger partial charge >= 0.3 is 0 Å². The molecule has 3 aromatic rings. The summed E-state index contributed by atoms with van der Waals surface area (Å²) >= 11 is 6.17. The zero-order valence-corrected chi connectivity index (χ0v) is 18.5. The van der Waals surface area contributed by atoms with Crippen molar-refractivity contribution < 1.29 is 14.5 Å². The molecular formula is C24H19ClN4O4. The number of carbonyl (C=O) groups excluding carboxylic acids is 1. The summed E-state index contributed by atoms with van der Waals surface area (Å²) in [7, 11) is 1.58. The highest BCUT2D eigenvalue weighted by Gasteiger charge is 2.28. The predicted octanol–water partition coefficient (Wildman–Crippen LogP) is 5.61. The second kappa shape index (κ2) is 9.22. The van der Waals surface area contributed by atoms with Gasteiger partial charge in [-0.15, -0.1) is 0 Å².